The fourth-order valence-corrected chi connectivity index (χ4v) is 4.22. The number of hydrazone groups is 1. The van der Waals surface area contributed by atoms with Crippen LogP contribution in [-0.2, 0) is 21.4 Å². The lowest BCUT2D eigenvalue weighted by molar-refractivity contribution is -0.384. The van der Waals surface area contributed by atoms with Crippen LogP contribution in [0.25, 0.3) is 0 Å². The summed E-state index contributed by atoms with van der Waals surface area (Å²) in [7, 11) is -3.93. The Kier molecular flexibility index (Phi) is 7.42. The molecule has 164 valence electrons. The highest BCUT2D eigenvalue weighted by atomic mass is 32.2. The van der Waals surface area contributed by atoms with E-state index in [1.165, 1.54) is 42.6 Å². The van der Waals surface area contributed by atoms with Crippen molar-refractivity contribution in [2.24, 2.45) is 5.10 Å². The van der Waals surface area contributed by atoms with Gasteiger partial charge in [-0.15, -0.1) is 0 Å². The van der Waals surface area contributed by atoms with E-state index < -0.39 is 27.4 Å². The largest absolute Gasteiger partial charge is 0.272 e. The summed E-state index contributed by atoms with van der Waals surface area (Å²) in [5, 5.41) is 14.5. The lowest BCUT2D eigenvalue weighted by Gasteiger charge is -2.21. The molecule has 0 aliphatic heterocycles. The van der Waals surface area contributed by atoms with E-state index >= 15 is 0 Å². The van der Waals surface area contributed by atoms with Crippen LogP contribution in [0.1, 0.15) is 11.1 Å². The molecule has 0 spiro atoms. The van der Waals surface area contributed by atoms with Gasteiger partial charge in [0.2, 0.25) is 10.0 Å². The molecule has 3 aromatic rings. The Hall–Kier alpha value is -3.89. The lowest BCUT2D eigenvalue weighted by Crippen LogP contribution is -2.39. The molecule has 0 heterocycles. The van der Waals surface area contributed by atoms with Gasteiger partial charge in [-0.1, -0.05) is 48.5 Å². The zero-order valence-corrected chi connectivity index (χ0v) is 17.7. The van der Waals surface area contributed by atoms with E-state index in [0.29, 0.717) is 5.56 Å². The molecular weight excluding hydrogens is 432 g/mol. The van der Waals surface area contributed by atoms with Crippen LogP contribution in [0.5, 0.6) is 0 Å². The molecule has 1 amide bonds. The normalized spacial score (nSPS) is 11.5. The van der Waals surface area contributed by atoms with Crippen LogP contribution in [0.3, 0.4) is 0 Å². The van der Waals surface area contributed by atoms with Crippen molar-refractivity contribution >= 4 is 27.8 Å². The molecule has 0 radical (unpaired) electrons. The molecule has 0 atom stereocenters. The predicted octanol–water partition coefficient (Wildman–Crippen LogP) is 2.94. The molecule has 10 heteroatoms. The maximum Gasteiger partial charge on any atom is 0.269 e. The van der Waals surface area contributed by atoms with Crippen LogP contribution in [0.15, 0.2) is 94.9 Å². The molecule has 1 N–H and O–H groups in total. The van der Waals surface area contributed by atoms with E-state index in [9.17, 15) is 23.3 Å². The second-order valence-corrected chi connectivity index (χ2v) is 8.65. The number of sulfonamides is 1. The zero-order valence-electron chi connectivity index (χ0n) is 16.9. The monoisotopic (exact) mass is 452 g/mol. The average molecular weight is 452 g/mol. The van der Waals surface area contributed by atoms with Crippen molar-refractivity contribution in [2.45, 2.75) is 11.4 Å². The maximum atomic E-state index is 13.1. The molecule has 3 rings (SSSR count). The van der Waals surface area contributed by atoms with Gasteiger partial charge in [0.15, 0.2) is 0 Å². The van der Waals surface area contributed by atoms with Crippen LogP contribution in [0.4, 0.5) is 5.69 Å². The van der Waals surface area contributed by atoms with E-state index in [2.05, 4.69) is 10.5 Å². The molecule has 9 nitrogen and oxygen atoms in total. The molecule has 0 fully saturated rings. The number of amides is 1. The third-order valence-electron chi connectivity index (χ3n) is 4.41. The molecule has 0 aliphatic rings. The van der Waals surface area contributed by atoms with Gasteiger partial charge in [-0.2, -0.15) is 9.41 Å². The van der Waals surface area contributed by atoms with Gasteiger partial charge in [-0.25, -0.2) is 13.8 Å². The SMILES string of the molecule is O=C(CN(Cc1ccccc1)S(=O)(=O)c1ccccc1)N/N=C/c1ccc([N+](=O)[O-])cc1. The third kappa shape index (κ3) is 6.06. The third-order valence-corrected chi connectivity index (χ3v) is 6.22. The quantitative estimate of drug-likeness (QED) is 0.304. The van der Waals surface area contributed by atoms with Crippen molar-refractivity contribution in [1.29, 1.82) is 0 Å². The minimum atomic E-state index is -3.93. The average Bonchev–Trinajstić information content (AvgIpc) is 2.80. The number of carbonyl (C=O) groups excluding carboxylic acids is 1. The highest BCUT2D eigenvalue weighted by Gasteiger charge is 2.26. The van der Waals surface area contributed by atoms with Gasteiger partial charge in [0.25, 0.3) is 11.6 Å². The number of benzene rings is 3. The summed E-state index contributed by atoms with van der Waals surface area (Å²) in [5.41, 5.74) is 3.50. The number of nitro benzene ring substituents is 1. The molecule has 0 bridgehead atoms. The number of carbonyl (C=O) groups is 1. The Bertz CT molecular complexity index is 1200. The fourth-order valence-electron chi connectivity index (χ4n) is 2.81. The van der Waals surface area contributed by atoms with Crippen LogP contribution >= 0.6 is 0 Å². The van der Waals surface area contributed by atoms with Crippen LogP contribution < -0.4 is 5.43 Å². The maximum absolute atomic E-state index is 13.1. The number of hydrogen-bond acceptors (Lipinski definition) is 6. The number of nitro groups is 1. The summed E-state index contributed by atoms with van der Waals surface area (Å²) in [6.07, 6.45) is 1.31. The minimum Gasteiger partial charge on any atom is -0.272 e. The van der Waals surface area contributed by atoms with Gasteiger partial charge in [0.1, 0.15) is 0 Å². The molecule has 0 saturated carbocycles. The summed E-state index contributed by atoms with van der Waals surface area (Å²) >= 11 is 0. The van der Waals surface area contributed by atoms with Crippen molar-refractivity contribution in [1.82, 2.24) is 9.73 Å². The van der Waals surface area contributed by atoms with Crippen molar-refractivity contribution in [3.63, 3.8) is 0 Å². The topological polar surface area (TPSA) is 122 Å². The summed E-state index contributed by atoms with van der Waals surface area (Å²) in [4.78, 5) is 22.7. The molecule has 0 unspecified atom stereocenters. The molecule has 0 saturated heterocycles. The number of nitrogens with zero attached hydrogens (tertiary/aromatic N) is 3. The summed E-state index contributed by atoms with van der Waals surface area (Å²) < 4.78 is 27.3. The fraction of sp³-hybridized carbons (Fsp3) is 0.0909. The van der Waals surface area contributed by atoms with Crippen molar-refractivity contribution in [2.75, 3.05) is 6.54 Å². The van der Waals surface area contributed by atoms with Gasteiger partial charge >= 0.3 is 0 Å². The van der Waals surface area contributed by atoms with E-state index in [0.717, 1.165) is 9.87 Å². The van der Waals surface area contributed by atoms with Crippen molar-refractivity contribution in [3.8, 4) is 0 Å². The summed E-state index contributed by atoms with van der Waals surface area (Å²) in [5.74, 6) is -0.626. The summed E-state index contributed by atoms with van der Waals surface area (Å²) in [6, 6.07) is 22.4. The molecule has 32 heavy (non-hydrogen) atoms. The Morgan fingerprint density at radius 3 is 2.16 bits per heavy atom. The van der Waals surface area contributed by atoms with E-state index in [1.54, 1.807) is 42.5 Å². The minimum absolute atomic E-state index is 0.0115. The Balaban J connectivity index is 1.72. The lowest BCUT2D eigenvalue weighted by atomic mass is 10.2. The van der Waals surface area contributed by atoms with Gasteiger partial charge in [0, 0.05) is 18.7 Å². The molecular formula is C22H20N4O5S. The van der Waals surface area contributed by atoms with Crippen LogP contribution in [0, 0.1) is 10.1 Å². The first-order valence-electron chi connectivity index (χ1n) is 9.52. The number of non-ortho nitro benzene ring substituents is 1. The van der Waals surface area contributed by atoms with E-state index in [-0.39, 0.29) is 17.1 Å². The Morgan fingerprint density at radius 1 is 0.969 bits per heavy atom. The van der Waals surface area contributed by atoms with Crippen LogP contribution in [-0.4, -0.2) is 36.3 Å². The molecule has 3 aromatic carbocycles. The standard InChI is InChI=1S/C22H20N4O5S/c27-22(24-23-15-18-11-13-20(14-12-18)26(28)29)17-25(16-19-7-3-1-4-8-19)32(30,31)21-9-5-2-6-10-21/h1-15H,16-17H2,(H,24,27)/b23-15+. The van der Waals surface area contributed by atoms with E-state index in [4.69, 9.17) is 0 Å². The number of nitrogens with one attached hydrogen (secondary N) is 1. The second-order valence-electron chi connectivity index (χ2n) is 6.71. The van der Waals surface area contributed by atoms with Crippen molar-refractivity contribution < 1.29 is 18.1 Å². The predicted molar refractivity (Wildman–Crippen MR) is 119 cm³/mol. The zero-order chi connectivity index (χ0) is 23.0. The Morgan fingerprint density at radius 2 is 1.56 bits per heavy atom. The first-order chi connectivity index (χ1) is 15.4. The van der Waals surface area contributed by atoms with Gasteiger partial charge < -0.3 is 0 Å². The first-order valence-corrected chi connectivity index (χ1v) is 11.0. The Labute approximate surface area is 185 Å². The summed E-state index contributed by atoms with van der Waals surface area (Å²) in [6.45, 7) is -0.429. The molecule has 0 aromatic heterocycles. The number of rotatable bonds is 9. The molecule has 0 aliphatic carbocycles. The first kappa shape index (κ1) is 22.8. The van der Waals surface area contributed by atoms with Crippen LogP contribution in [0.2, 0.25) is 0 Å². The number of hydrogen-bond donors (Lipinski definition) is 1. The van der Waals surface area contributed by atoms with Gasteiger partial charge in [-0.3, -0.25) is 14.9 Å². The smallest absolute Gasteiger partial charge is 0.269 e. The highest BCUT2D eigenvalue weighted by molar-refractivity contribution is 7.89. The van der Waals surface area contributed by atoms with Gasteiger partial charge in [0.05, 0.1) is 22.6 Å². The second kappa shape index (κ2) is 10.4. The van der Waals surface area contributed by atoms with Gasteiger partial charge in [-0.05, 0) is 35.4 Å². The van der Waals surface area contributed by atoms with Crippen molar-refractivity contribution in [3.05, 3.63) is 106 Å². The van der Waals surface area contributed by atoms with E-state index in [1.807, 2.05) is 6.07 Å². The highest BCUT2D eigenvalue weighted by Crippen LogP contribution is 2.18.